The van der Waals surface area contributed by atoms with Gasteiger partial charge in [0.2, 0.25) is 0 Å². The van der Waals surface area contributed by atoms with E-state index in [9.17, 15) is 14.9 Å². The Hall–Kier alpha value is -3.55. The van der Waals surface area contributed by atoms with Crippen LogP contribution >= 0.6 is 0 Å². The molecule has 1 aromatic carbocycles. The molecule has 120 valence electrons. The van der Waals surface area contributed by atoms with Gasteiger partial charge in [0.05, 0.1) is 10.6 Å². The van der Waals surface area contributed by atoms with Crippen LogP contribution in [0.1, 0.15) is 16.2 Å². The van der Waals surface area contributed by atoms with Crippen LogP contribution in [0.5, 0.6) is 0 Å². The van der Waals surface area contributed by atoms with Gasteiger partial charge in [-0.1, -0.05) is 18.2 Å². The number of amides is 1. The highest BCUT2D eigenvalue weighted by atomic mass is 16.6. The maximum Gasteiger partial charge on any atom is 0.310 e. The summed E-state index contributed by atoms with van der Waals surface area (Å²) >= 11 is 0. The Morgan fingerprint density at radius 3 is 2.71 bits per heavy atom. The van der Waals surface area contributed by atoms with Gasteiger partial charge in [-0.25, -0.2) is 4.68 Å². The molecule has 24 heavy (non-hydrogen) atoms. The number of nitrogens with one attached hydrogen (secondary N) is 1. The third-order valence-electron chi connectivity index (χ3n) is 3.37. The lowest BCUT2D eigenvalue weighted by Gasteiger charge is -2.04. The lowest BCUT2D eigenvalue weighted by atomic mass is 10.3. The van der Waals surface area contributed by atoms with Gasteiger partial charge in [-0.15, -0.1) is 0 Å². The van der Waals surface area contributed by atoms with Gasteiger partial charge in [-0.05, 0) is 31.2 Å². The molecule has 0 aliphatic carbocycles. The highest BCUT2D eigenvalue weighted by Crippen LogP contribution is 2.22. The molecule has 3 rings (SSSR count). The Labute approximate surface area is 136 Å². The van der Waals surface area contributed by atoms with E-state index < -0.39 is 10.8 Å². The molecular weight excluding hydrogens is 310 g/mol. The summed E-state index contributed by atoms with van der Waals surface area (Å²) in [7, 11) is 0. The minimum absolute atomic E-state index is 0.0758. The van der Waals surface area contributed by atoms with Crippen molar-refractivity contribution in [1.29, 1.82) is 0 Å². The number of para-hydroxylation sites is 1. The van der Waals surface area contributed by atoms with Gasteiger partial charge in [0.15, 0.2) is 5.69 Å². The van der Waals surface area contributed by atoms with Crippen LogP contribution < -0.4 is 5.32 Å². The number of rotatable bonds is 4. The quantitative estimate of drug-likeness (QED) is 0.587. The Kier molecular flexibility index (Phi) is 4.02. The Balaban J connectivity index is 1.88. The first-order chi connectivity index (χ1) is 11.6. The minimum atomic E-state index is -0.601. The van der Waals surface area contributed by atoms with Crippen molar-refractivity contribution in [2.24, 2.45) is 0 Å². The number of anilines is 1. The van der Waals surface area contributed by atoms with Crippen molar-refractivity contribution in [2.45, 2.75) is 6.92 Å². The van der Waals surface area contributed by atoms with Gasteiger partial charge in [-0.3, -0.25) is 19.9 Å². The normalized spacial score (nSPS) is 10.4. The fourth-order valence-corrected chi connectivity index (χ4v) is 2.24. The molecule has 0 unspecified atom stereocenters. The molecule has 0 spiro atoms. The third kappa shape index (κ3) is 2.98. The topological polar surface area (TPSA) is 103 Å². The number of nitro groups is 1. The van der Waals surface area contributed by atoms with Crippen molar-refractivity contribution in [3.8, 4) is 5.69 Å². The predicted octanol–water partition coefficient (Wildman–Crippen LogP) is 2.74. The van der Waals surface area contributed by atoms with Crippen LogP contribution in [-0.4, -0.2) is 25.6 Å². The Morgan fingerprint density at radius 2 is 2.00 bits per heavy atom. The average Bonchev–Trinajstić information content (AvgIpc) is 2.98. The molecule has 0 radical (unpaired) electrons. The Bertz CT molecular complexity index is 905. The third-order valence-corrected chi connectivity index (χ3v) is 3.37. The van der Waals surface area contributed by atoms with Crippen molar-refractivity contribution in [2.75, 3.05) is 5.32 Å². The lowest BCUT2D eigenvalue weighted by Crippen LogP contribution is -2.14. The predicted molar refractivity (Wildman–Crippen MR) is 87.1 cm³/mol. The van der Waals surface area contributed by atoms with Gasteiger partial charge in [0.25, 0.3) is 5.91 Å². The van der Waals surface area contributed by atoms with Crippen molar-refractivity contribution < 1.29 is 9.72 Å². The van der Waals surface area contributed by atoms with Crippen LogP contribution in [0.25, 0.3) is 5.69 Å². The van der Waals surface area contributed by atoms with Gasteiger partial charge < -0.3 is 5.32 Å². The number of aromatic nitrogens is 3. The molecule has 8 nitrogen and oxygen atoms in total. The van der Waals surface area contributed by atoms with Crippen LogP contribution in [-0.2, 0) is 0 Å². The molecule has 1 amide bonds. The number of hydrogen-bond acceptors (Lipinski definition) is 5. The molecule has 0 aliphatic rings. The molecule has 8 heteroatoms. The second-order valence-corrected chi connectivity index (χ2v) is 5.02. The second kappa shape index (κ2) is 6.29. The molecule has 2 heterocycles. The highest BCUT2D eigenvalue weighted by Gasteiger charge is 2.19. The summed E-state index contributed by atoms with van der Waals surface area (Å²) in [5.41, 5.74) is 1.57. The fourth-order valence-electron chi connectivity index (χ4n) is 2.24. The SMILES string of the molecule is Cc1cc(C(=O)Nc2ccncc2[N+](=O)[O-])nn1-c1ccccc1. The summed E-state index contributed by atoms with van der Waals surface area (Å²) in [5.74, 6) is -0.526. The first-order valence-corrected chi connectivity index (χ1v) is 7.08. The number of pyridine rings is 1. The lowest BCUT2D eigenvalue weighted by molar-refractivity contribution is -0.384. The van der Waals surface area contributed by atoms with Gasteiger partial charge >= 0.3 is 5.69 Å². The van der Waals surface area contributed by atoms with Crippen LogP contribution in [0, 0.1) is 17.0 Å². The van der Waals surface area contributed by atoms with E-state index in [2.05, 4.69) is 15.4 Å². The first-order valence-electron chi connectivity index (χ1n) is 7.08. The molecule has 2 aromatic heterocycles. The number of carbonyl (C=O) groups excluding carboxylic acids is 1. The van der Waals surface area contributed by atoms with Crippen LogP contribution in [0.4, 0.5) is 11.4 Å². The van der Waals surface area contributed by atoms with Crippen molar-refractivity contribution >= 4 is 17.3 Å². The van der Waals surface area contributed by atoms with Crippen LogP contribution in [0.15, 0.2) is 54.9 Å². The van der Waals surface area contributed by atoms with E-state index in [1.165, 1.54) is 12.3 Å². The fraction of sp³-hybridized carbons (Fsp3) is 0.0625. The molecule has 3 aromatic rings. The van der Waals surface area contributed by atoms with Crippen molar-refractivity contribution in [3.63, 3.8) is 0 Å². The van der Waals surface area contributed by atoms with Gasteiger partial charge in [0, 0.05) is 11.9 Å². The second-order valence-electron chi connectivity index (χ2n) is 5.02. The van der Waals surface area contributed by atoms with Crippen LogP contribution in [0.3, 0.4) is 0 Å². The van der Waals surface area contributed by atoms with E-state index in [0.29, 0.717) is 0 Å². The molecule has 0 atom stereocenters. The van der Waals surface area contributed by atoms with Crippen molar-refractivity contribution in [1.82, 2.24) is 14.8 Å². The number of carbonyl (C=O) groups is 1. The molecule has 0 saturated heterocycles. The van der Waals surface area contributed by atoms with Gasteiger partial charge in [0.1, 0.15) is 11.9 Å². The molecule has 1 N–H and O–H groups in total. The Morgan fingerprint density at radius 1 is 1.25 bits per heavy atom. The zero-order valence-corrected chi connectivity index (χ0v) is 12.7. The minimum Gasteiger partial charge on any atom is -0.315 e. The molecule has 0 saturated carbocycles. The first kappa shape index (κ1) is 15.3. The zero-order valence-electron chi connectivity index (χ0n) is 12.7. The monoisotopic (exact) mass is 323 g/mol. The number of benzene rings is 1. The average molecular weight is 323 g/mol. The summed E-state index contributed by atoms with van der Waals surface area (Å²) in [6, 6.07) is 12.4. The standard InChI is InChI=1S/C16H13N5O3/c1-11-9-14(19-20(11)12-5-3-2-4-6-12)16(22)18-13-7-8-17-10-15(13)21(23)24/h2-10H,1H3,(H,17,18,22). The van der Waals surface area contributed by atoms with E-state index in [4.69, 9.17) is 0 Å². The summed E-state index contributed by atoms with van der Waals surface area (Å²) in [6.45, 7) is 1.83. The zero-order chi connectivity index (χ0) is 17.1. The summed E-state index contributed by atoms with van der Waals surface area (Å²) < 4.78 is 1.63. The molecule has 0 fully saturated rings. The maximum atomic E-state index is 12.4. The molecule has 0 bridgehead atoms. The summed E-state index contributed by atoms with van der Waals surface area (Å²) in [6.07, 6.45) is 2.46. The van der Waals surface area contributed by atoms with Gasteiger partial charge in [-0.2, -0.15) is 5.10 Å². The van der Waals surface area contributed by atoms with E-state index in [1.807, 2.05) is 37.3 Å². The summed E-state index contributed by atoms with van der Waals surface area (Å²) in [5, 5.41) is 17.8. The van der Waals surface area contributed by atoms with E-state index in [-0.39, 0.29) is 17.1 Å². The van der Waals surface area contributed by atoms with Crippen molar-refractivity contribution in [3.05, 3.63) is 76.4 Å². The van der Waals surface area contributed by atoms with E-state index in [0.717, 1.165) is 17.6 Å². The molecular formula is C16H13N5O3. The number of hydrogen-bond donors (Lipinski definition) is 1. The highest BCUT2D eigenvalue weighted by molar-refractivity contribution is 6.04. The van der Waals surface area contributed by atoms with E-state index >= 15 is 0 Å². The molecule has 0 aliphatic heterocycles. The van der Waals surface area contributed by atoms with Crippen LogP contribution in [0.2, 0.25) is 0 Å². The summed E-state index contributed by atoms with van der Waals surface area (Å²) in [4.78, 5) is 26.4. The number of nitrogens with zero attached hydrogens (tertiary/aromatic N) is 4. The maximum absolute atomic E-state index is 12.4. The largest absolute Gasteiger partial charge is 0.315 e. The van der Waals surface area contributed by atoms with E-state index in [1.54, 1.807) is 10.7 Å². The number of aryl methyl sites for hydroxylation is 1. The smallest absolute Gasteiger partial charge is 0.310 e.